The molecule has 1 atom stereocenters. The quantitative estimate of drug-likeness (QED) is 0.892. The van der Waals surface area contributed by atoms with Gasteiger partial charge in [-0.15, -0.1) is 0 Å². The summed E-state index contributed by atoms with van der Waals surface area (Å²) in [7, 11) is 0. The molecule has 2 rings (SSSR count). The first-order valence-electron chi connectivity index (χ1n) is 7.81. The average molecular weight is 328 g/mol. The molecule has 0 saturated carbocycles. The lowest BCUT2D eigenvalue weighted by Gasteiger charge is -2.37. The van der Waals surface area contributed by atoms with Crippen molar-refractivity contribution in [1.82, 2.24) is 10.4 Å². The van der Waals surface area contributed by atoms with Gasteiger partial charge in [-0.3, -0.25) is 10.2 Å². The first-order valence-corrected chi connectivity index (χ1v) is 7.81. The summed E-state index contributed by atoms with van der Waals surface area (Å²) < 4.78 is 40.3. The highest BCUT2D eigenvalue weighted by atomic mass is 19.4. The third-order valence-electron chi connectivity index (χ3n) is 4.21. The topological polar surface area (TPSA) is 32.3 Å². The minimum atomic E-state index is -4.37. The van der Waals surface area contributed by atoms with E-state index < -0.39 is 17.8 Å². The highest BCUT2D eigenvalue weighted by Crippen LogP contribution is 2.35. The molecule has 6 heteroatoms. The van der Waals surface area contributed by atoms with Crippen LogP contribution in [-0.2, 0) is 11.2 Å². The molecular formula is C17H23F3N2O. The Kier molecular flexibility index (Phi) is 5.04. The number of hydrogen-bond acceptors (Lipinski definition) is 2. The fourth-order valence-electron chi connectivity index (χ4n) is 3.11. The monoisotopic (exact) mass is 328 g/mol. The van der Waals surface area contributed by atoms with Crippen molar-refractivity contribution in [3.8, 4) is 0 Å². The van der Waals surface area contributed by atoms with E-state index in [4.69, 9.17) is 0 Å². The molecule has 1 amide bonds. The molecule has 0 spiro atoms. The number of halogens is 3. The van der Waals surface area contributed by atoms with Gasteiger partial charge in [0.1, 0.15) is 6.04 Å². The van der Waals surface area contributed by atoms with Crippen LogP contribution in [0.1, 0.15) is 44.2 Å². The number of rotatable bonds is 5. The summed E-state index contributed by atoms with van der Waals surface area (Å²) in [6.45, 7) is 5.28. The summed E-state index contributed by atoms with van der Waals surface area (Å²) in [4.78, 5) is 11.5. The molecule has 1 saturated heterocycles. The SMILES string of the molecule is Cc1cccc(CCCC(N2NC(=O)CC2(C)C)C(F)(F)F)c1. The molecule has 23 heavy (non-hydrogen) atoms. The fraction of sp³-hybridized carbons (Fsp3) is 0.588. The summed E-state index contributed by atoms with van der Waals surface area (Å²) in [5, 5.41) is 1.09. The molecule has 1 heterocycles. The van der Waals surface area contributed by atoms with Crippen molar-refractivity contribution in [1.29, 1.82) is 0 Å². The normalized spacial score (nSPS) is 19.7. The Morgan fingerprint density at radius 3 is 2.57 bits per heavy atom. The number of hydrazine groups is 1. The third-order valence-corrected chi connectivity index (χ3v) is 4.21. The zero-order chi connectivity index (χ0) is 17.3. The molecule has 3 nitrogen and oxygen atoms in total. The lowest BCUT2D eigenvalue weighted by Crippen LogP contribution is -2.56. The summed E-state index contributed by atoms with van der Waals surface area (Å²) in [5.74, 6) is -0.358. The molecule has 1 fully saturated rings. The van der Waals surface area contributed by atoms with Crippen LogP contribution in [-0.4, -0.2) is 28.7 Å². The maximum Gasteiger partial charge on any atom is 0.405 e. The number of nitrogens with one attached hydrogen (secondary N) is 1. The molecule has 0 aromatic heterocycles. The van der Waals surface area contributed by atoms with E-state index in [-0.39, 0.29) is 18.7 Å². The van der Waals surface area contributed by atoms with E-state index in [2.05, 4.69) is 5.43 Å². The molecule has 1 aliphatic heterocycles. The molecule has 1 aliphatic rings. The highest BCUT2D eigenvalue weighted by molar-refractivity contribution is 5.78. The van der Waals surface area contributed by atoms with Crippen molar-refractivity contribution in [2.24, 2.45) is 0 Å². The Balaban J connectivity index is 2.04. The van der Waals surface area contributed by atoms with Gasteiger partial charge in [-0.05, 0) is 45.6 Å². The van der Waals surface area contributed by atoms with Crippen LogP contribution in [0.25, 0.3) is 0 Å². The number of carbonyl (C=O) groups is 1. The van der Waals surface area contributed by atoms with Gasteiger partial charge >= 0.3 is 6.18 Å². The van der Waals surface area contributed by atoms with Crippen LogP contribution in [0.4, 0.5) is 13.2 Å². The zero-order valence-electron chi connectivity index (χ0n) is 13.7. The Bertz CT molecular complexity index is 569. The average Bonchev–Trinajstić information content (AvgIpc) is 2.66. The van der Waals surface area contributed by atoms with Crippen molar-refractivity contribution in [2.75, 3.05) is 0 Å². The van der Waals surface area contributed by atoms with Crippen LogP contribution >= 0.6 is 0 Å². The zero-order valence-corrected chi connectivity index (χ0v) is 13.7. The van der Waals surface area contributed by atoms with Gasteiger partial charge in [0.05, 0.1) is 0 Å². The number of aryl methyl sites for hydroxylation is 2. The largest absolute Gasteiger partial charge is 0.405 e. The molecular weight excluding hydrogens is 305 g/mol. The number of alkyl halides is 3. The minimum Gasteiger partial charge on any atom is -0.288 e. The standard InChI is InChI=1S/C17H23F3N2O/c1-12-6-4-7-13(10-12)8-5-9-14(17(18,19)20)22-16(2,3)11-15(23)21-22/h4,6-7,10,14H,5,8-9,11H2,1-3H3,(H,21,23). The lowest BCUT2D eigenvalue weighted by atomic mass is 9.97. The van der Waals surface area contributed by atoms with Gasteiger partial charge in [0.25, 0.3) is 0 Å². The third kappa shape index (κ3) is 4.47. The number of benzene rings is 1. The van der Waals surface area contributed by atoms with Crippen molar-refractivity contribution < 1.29 is 18.0 Å². The van der Waals surface area contributed by atoms with Gasteiger partial charge in [-0.25, -0.2) is 5.01 Å². The van der Waals surface area contributed by atoms with E-state index in [0.717, 1.165) is 16.1 Å². The van der Waals surface area contributed by atoms with Gasteiger partial charge in [-0.2, -0.15) is 13.2 Å². The second-order valence-electron chi connectivity index (χ2n) is 6.83. The molecule has 1 aromatic carbocycles. The number of amides is 1. The second-order valence-corrected chi connectivity index (χ2v) is 6.83. The van der Waals surface area contributed by atoms with Gasteiger partial charge in [0, 0.05) is 12.0 Å². The van der Waals surface area contributed by atoms with Crippen molar-refractivity contribution in [3.63, 3.8) is 0 Å². The number of nitrogens with zero attached hydrogens (tertiary/aromatic N) is 1. The first-order chi connectivity index (χ1) is 10.6. The van der Waals surface area contributed by atoms with E-state index in [1.807, 2.05) is 31.2 Å². The van der Waals surface area contributed by atoms with E-state index in [9.17, 15) is 18.0 Å². The smallest absolute Gasteiger partial charge is 0.288 e. The fourth-order valence-corrected chi connectivity index (χ4v) is 3.11. The highest BCUT2D eigenvalue weighted by Gasteiger charge is 2.51. The number of hydrogen-bond donors (Lipinski definition) is 1. The van der Waals surface area contributed by atoms with Crippen LogP contribution in [0.5, 0.6) is 0 Å². The Hall–Kier alpha value is -1.56. The van der Waals surface area contributed by atoms with Crippen molar-refractivity contribution >= 4 is 5.91 Å². The van der Waals surface area contributed by atoms with Crippen molar-refractivity contribution in [3.05, 3.63) is 35.4 Å². The van der Waals surface area contributed by atoms with E-state index in [1.165, 1.54) is 0 Å². The maximum atomic E-state index is 13.4. The predicted octanol–water partition coefficient (Wildman–Crippen LogP) is 3.76. The minimum absolute atomic E-state index is 0.0405. The summed E-state index contributed by atoms with van der Waals surface area (Å²) in [6.07, 6.45) is -3.33. The molecule has 1 N–H and O–H groups in total. The Labute approximate surface area is 134 Å². The first kappa shape index (κ1) is 17.8. The van der Waals surface area contributed by atoms with Gasteiger partial charge < -0.3 is 0 Å². The summed E-state index contributed by atoms with van der Waals surface area (Å²) >= 11 is 0. The molecule has 0 aliphatic carbocycles. The summed E-state index contributed by atoms with van der Waals surface area (Å²) in [5.41, 5.74) is 3.69. The number of carbonyl (C=O) groups excluding carboxylic acids is 1. The lowest BCUT2D eigenvalue weighted by molar-refractivity contribution is -0.202. The predicted molar refractivity (Wildman–Crippen MR) is 82.6 cm³/mol. The Morgan fingerprint density at radius 2 is 2.04 bits per heavy atom. The maximum absolute atomic E-state index is 13.4. The van der Waals surface area contributed by atoms with Crippen LogP contribution in [0.2, 0.25) is 0 Å². The molecule has 1 unspecified atom stereocenters. The van der Waals surface area contributed by atoms with Gasteiger partial charge in [0.15, 0.2) is 0 Å². The molecule has 0 radical (unpaired) electrons. The molecule has 0 bridgehead atoms. The van der Waals surface area contributed by atoms with Crippen LogP contribution in [0.3, 0.4) is 0 Å². The van der Waals surface area contributed by atoms with E-state index in [1.54, 1.807) is 13.8 Å². The Morgan fingerprint density at radius 1 is 1.35 bits per heavy atom. The van der Waals surface area contributed by atoms with Crippen molar-refractivity contribution in [2.45, 2.75) is 64.2 Å². The second kappa shape index (κ2) is 6.51. The molecule has 1 aromatic rings. The van der Waals surface area contributed by atoms with E-state index >= 15 is 0 Å². The van der Waals surface area contributed by atoms with Gasteiger partial charge in [0.2, 0.25) is 5.91 Å². The van der Waals surface area contributed by atoms with Crippen LogP contribution in [0.15, 0.2) is 24.3 Å². The van der Waals surface area contributed by atoms with Crippen LogP contribution in [0, 0.1) is 6.92 Å². The van der Waals surface area contributed by atoms with Crippen LogP contribution < -0.4 is 5.43 Å². The van der Waals surface area contributed by atoms with Gasteiger partial charge in [-0.1, -0.05) is 29.8 Å². The van der Waals surface area contributed by atoms with E-state index in [0.29, 0.717) is 12.8 Å². The summed E-state index contributed by atoms with van der Waals surface area (Å²) in [6, 6.07) is 6.13. The molecule has 128 valence electrons.